The maximum Gasteiger partial charge on any atom is 0.332 e. The van der Waals surface area contributed by atoms with Gasteiger partial charge in [-0.05, 0) is 56.9 Å². The Morgan fingerprint density at radius 2 is 1.59 bits per heavy atom. The topological polar surface area (TPSA) is 115 Å². The molecule has 1 aliphatic rings. The van der Waals surface area contributed by atoms with Gasteiger partial charge >= 0.3 is 5.69 Å². The molecule has 1 fully saturated rings. The number of amides is 2. The lowest BCUT2D eigenvalue weighted by atomic mass is 10.1. The lowest BCUT2D eigenvalue weighted by molar-refractivity contribution is -0.122. The molecule has 2 N–H and O–H groups in total. The van der Waals surface area contributed by atoms with Gasteiger partial charge in [-0.25, -0.2) is 9.36 Å². The van der Waals surface area contributed by atoms with Crippen LogP contribution in [0.2, 0.25) is 0 Å². The first-order valence-electron chi connectivity index (χ1n) is 12.5. The van der Waals surface area contributed by atoms with E-state index in [2.05, 4.69) is 10.6 Å². The van der Waals surface area contributed by atoms with Crippen molar-refractivity contribution in [3.63, 3.8) is 0 Å². The molecule has 4 aromatic rings. The van der Waals surface area contributed by atoms with E-state index >= 15 is 0 Å². The third-order valence-electron chi connectivity index (χ3n) is 7.01. The summed E-state index contributed by atoms with van der Waals surface area (Å²) in [6.07, 6.45) is 3.84. The molecule has 2 heterocycles. The molecule has 2 aromatic heterocycles. The van der Waals surface area contributed by atoms with Crippen LogP contribution in [0.3, 0.4) is 0 Å². The van der Waals surface area contributed by atoms with Crippen molar-refractivity contribution in [2.75, 3.05) is 5.32 Å². The molecule has 0 bridgehead atoms. The maximum atomic E-state index is 13.6. The van der Waals surface area contributed by atoms with Gasteiger partial charge in [0.25, 0.3) is 5.56 Å². The molecule has 0 aliphatic heterocycles. The zero-order chi connectivity index (χ0) is 26.3. The number of benzene rings is 2. The van der Waals surface area contributed by atoms with Crippen LogP contribution < -0.4 is 21.9 Å². The number of carbonyl (C=O) groups is 2. The molecule has 0 unspecified atom stereocenters. The molecule has 0 atom stereocenters. The highest BCUT2D eigenvalue weighted by molar-refractivity contribution is 6.03. The number of fused-ring (bicyclic) bond motifs is 3. The summed E-state index contributed by atoms with van der Waals surface area (Å²) in [6, 6.07) is 11.0. The number of hydrogen-bond donors (Lipinski definition) is 2. The average molecular weight is 503 g/mol. The number of nitrogens with one attached hydrogen (secondary N) is 2. The second-order valence-corrected chi connectivity index (χ2v) is 9.91. The van der Waals surface area contributed by atoms with Gasteiger partial charge in [0, 0.05) is 17.1 Å². The first-order chi connectivity index (χ1) is 17.7. The quantitative estimate of drug-likeness (QED) is 0.419. The van der Waals surface area contributed by atoms with Crippen molar-refractivity contribution in [1.29, 1.82) is 0 Å². The van der Waals surface area contributed by atoms with E-state index in [1.54, 1.807) is 24.3 Å². The molecule has 5 rings (SSSR count). The first-order valence-corrected chi connectivity index (χ1v) is 12.5. The Morgan fingerprint density at radius 3 is 2.30 bits per heavy atom. The van der Waals surface area contributed by atoms with E-state index in [0.29, 0.717) is 16.7 Å². The van der Waals surface area contributed by atoms with Gasteiger partial charge in [-0.3, -0.25) is 19.0 Å². The summed E-state index contributed by atoms with van der Waals surface area (Å²) >= 11 is 0. The van der Waals surface area contributed by atoms with Crippen LogP contribution in [0.15, 0.2) is 50.4 Å². The summed E-state index contributed by atoms with van der Waals surface area (Å²) in [5.74, 6) is -0.840. The molecule has 0 saturated heterocycles. The van der Waals surface area contributed by atoms with Crippen molar-refractivity contribution in [1.82, 2.24) is 14.5 Å². The van der Waals surface area contributed by atoms with E-state index in [1.807, 2.05) is 32.9 Å². The summed E-state index contributed by atoms with van der Waals surface area (Å²) in [7, 11) is 0. The summed E-state index contributed by atoms with van der Waals surface area (Å²) in [5, 5.41) is 6.37. The zero-order valence-electron chi connectivity index (χ0n) is 21.2. The average Bonchev–Trinajstić information content (AvgIpc) is 3.49. The minimum atomic E-state index is -0.738. The van der Waals surface area contributed by atoms with Gasteiger partial charge < -0.3 is 15.1 Å². The van der Waals surface area contributed by atoms with Gasteiger partial charge in [-0.1, -0.05) is 42.7 Å². The molecule has 2 amide bonds. The molecule has 0 spiro atoms. The van der Waals surface area contributed by atoms with Crippen LogP contribution in [-0.4, -0.2) is 27.0 Å². The van der Waals surface area contributed by atoms with Crippen LogP contribution in [0, 0.1) is 20.8 Å². The Hall–Kier alpha value is -4.14. The van der Waals surface area contributed by atoms with Gasteiger partial charge in [0.2, 0.25) is 17.4 Å². The second-order valence-electron chi connectivity index (χ2n) is 9.91. The minimum Gasteiger partial charge on any atom is -0.449 e. The van der Waals surface area contributed by atoms with Crippen LogP contribution in [0.25, 0.3) is 22.1 Å². The van der Waals surface area contributed by atoms with E-state index < -0.39 is 29.6 Å². The molecule has 9 nitrogen and oxygen atoms in total. The molecular weight excluding hydrogens is 472 g/mol. The molecule has 192 valence electrons. The number of para-hydroxylation sites is 1. The number of anilines is 1. The Kier molecular flexibility index (Phi) is 6.45. The summed E-state index contributed by atoms with van der Waals surface area (Å²) in [6.45, 7) is 5.01. The standard InChI is InChI=1S/C28H30N4O5/c1-16-12-17(2)24(18(3)13-16)30-23(34)14-31-25-20-10-6-7-11-21(20)37-26(25)27(35)32(28(31)36)15-22(33)29-19-8-4-5-9-19/h6-7,10-13,19H,4-5,8-9,14-15H2,1-3H3,(H,29,33)(H,30,34). The predicted molar refractivity (Wildman–Crippen MR) is 142 cm³/mol. The van der Waals surface area contributed by atoms with Crippen LogP contribution >= 0.6 is 0 Å². The van der Waals surface area contributed by atoms with Crippen molar-refractivity contribution in [2.24, 2.45) is 0 Å². The molecule has 0 radical (unpaired) electrons. The number of aryl methyl sites for hydroxylation is 3. The fourth-order valence-electron chi connectivity index (χ4n) is 5.37. The van der Waals surface area contributed by atoms with Gasteiger partial charge in [0.1, 0.15) is 24.2 Å². The molecule has 9 heteroatoms. The van der Waals surface area contributed by atoms with Crippen molar-refractivity contribution in [3.05, 3.63) is 73.9 Å². The third-order valence-corrected chi connectivity index (χ3v) is 7.01. The normalized spacial score (nSPS) is 13.9. The molecule has 37 heavy (non-hydrogen) atoms. The SMILES string of the molecule is Cc1cc(C)c(NC(=O)Cn2c(=O)n(CC(=O)NC3CCCC3)c(=O)c3oc4ccccc4c32)c(C)c1. The lowest BCUT2D eigenvalue weighted by Gasteiger charge is -2.16. The zero-order valence-corrected chi connectivity index (χ0v) is 21.2. The van der Waals surface area contributed by atoms with Gasteiger partial charge in [0.15, 0.2) is 0 Å². The Morgan fingerprint density at radius 1 is 0.946 bits per heavy atom. The maximum absolute atomic E-state index is 13.6. The van der Waals surface area contributed by atoms with Crippen LogP contribution in [-0.2, 0) is 22.7 Å². The predicted octanol–water partition coefficient (Wildman–Crippen LogP) is 3.53. The van der Waals surface area contributed by atoms with Crippen LogP contribution in [0.4, 0.5) is 5.69 Å². The lowest BCUT2D eigenvalue weighted by Crippen LogP contribution is -2.46. The van der Waals surface area contributed by atoms with Gasteiger partial charge in [-0.15, -0.1) is 0 Å². The Labute approximate surface area is 213 Å². The highest BCUT2D eigenvalue weighted by Crippen LogP contribution is 2.26. The minimum absolute atomic E-state index is 0.0483. The first kappa shape index (κ1) is 24.5. The number of nitrogens with zero attached hydrogens (tertiary/aromatic N) is 2. The van der Waals surface area contributed by atoms with E-state index in [0.717, 1.165) is 46.9 Å². The number of rotatable bonds is 6. The van der Waals surface area contributed by atoms with Gasteiger partial charge in [-0.2, -0.15) is 0 Å². The molecular formula is C28H30N4O5. The second kappa shape index (κ2) is 9.72. The smallest absolute Gasteiger partial charge is 0.332 e. The van der Waals surface area contributed by atoms with Crippen molar-refractivity contribution in [3.8, 4) is 0 Å². The summed E-state index contributed by atoms with van der Waals surface area (Å²) < 4.78 is 7.90. The van der Waals surface area contributed by atoms with Crippen molar-refractivity contribution < 1.29 is 14.0 Å². The molecule has 2 aromatic carbocycles. The number of furan rings is 1. The highest BCUT2D eigenvalue weighted by atomic mass is 16.3. The fourth-order valence-corrected chi connectivity index (χ4v) is 5.37. The van der Waals surface area contributed by atoms with Crippen molar-refractivity contribution >= 4 is 39.6 Å². The molecule has 1 aliphatic carbocycles. The van der Waals surface area contributed by atoms with E-state index in [4.69, 9.17) is 4.42 Å². The monoisotopic (exact) mass is 502 g/mol. The van der Waals surface area contributed by atoms with Crippen molar-refractivity contribution in [2.45, 2.75) is 65.6 Å². The Bertz CT molecular complexity index is 1630. The molecule has 1 saturated carbocycles. The van der Waals surface area contributed by atoms with Crippen LogP contribution in [0.5, 0.6) is 0 Å². The number of carbonyl (C=O) groups excluding carboxylic acids is 2. The summed E-state index contributed by atoms with van der Waals surface area (Å²) in [4.78, 5) is 52.9. The van der Waals surface area contributed by atoms with E-state index in [1.165, 1.54) is 4.57 Å². The van der Waals surface area contributed by atoms with E-state index in [-0.39, 0.29) is 23.7 Å². The Balaban J connectivity index is 1.56. The highest BCUT2D eigenvalue weighted by Gasteiger charge is 2.24. The largest absolute Gasteiger partial charge is 0.449 e. The van der Waals surface area contributed by atoms with Crippen LogP contribution in [0.1, 0.15) is 42.4 Å². The fraction of sp³-hybridized carbons (Fsp3) is 0.357. The summed E-state index contributed by atoms with van der Waals surface area (Å²) in [5.41, 5.74) is 2.74. The number of hydrogen-bond acceptors (Lipinski definition) is 5. The van der Waals surface area contributed by atoms with Gasteiger partial charge in [0.05, 0.1) is 0 Å². The van der Waals surface area contributed by atoms with E-state index in [9.17, 15) is 19.2 Å². The number of aromatic nitrogens is 2. The third kappa shape index (κ3) is 4.69.